The van der Waals surface area contributed by atoms with Gasteiger partial charge in [0.05, 0.1) is 6.10 Å². The van der Waals surface area contributed by atoms with Gasteiger partial charge in [-0.05, 0) is 26.3 Å². The zero-order valence-corrected chi connectivity index (χ0v) is 7.87. The van der Waals surface area contributed by atoms with E-state index in [1.54, 1.807) is 0 Å². The third-order valence-corrected chi connectivity index (χ3v) is 2.66. The molecule has 1 rings (SSSR count). The Kier molecular flexibility index (Phi) is 3.98. The fraction of sp³-hybridized carbons (Fsp3) is 1.00. The summed E-state index contributed by atoms with van der Waals surface area (Å²) in [6.07, 6.45) is 3.51. The van der Waals surface area contributed by atoms with E-state index in [-0.39, 0.29) is 6.10 Å². The first-order valence-electron chi connectivity index (χ1n) is 4.86. The summed E-state index contributed by atoms with van der Waals surface area (Å²) in [6, 6.07) is 0.625. The lowest BCUT2D eigenvalue weighted by Gasteiger charge is -2.34. The standard InChI is InChI=1S/C9H20N2O/c1-8-4-2-3-5-11(8)7-9(12)6-10/h8-9,12H,2-7,10H2,1H3/t8?,9-/m0/s1. The lowest BCUT2D eigenvalue weighted by Crippen LogP contribution is -2.44. The Morgan fingerprint density at radius 3 is 2.92 bits per heavy atom. The number of aliphatic hydroxyl groups excluding tert-OH is 1. The van der Waals surface area contributed by atoms with Crippen molar-refractivity contribution >= 4 is 0 Å². The molecule has 1 saturated heterocycles. The largest absolute Gasteiger partial charge is 0.390 e. The lowest BCUT2D eigenvalue weighted by molar-refractivity contribution is 0.0779. The highest BCUT2D eigenvalue weighted by Gasteiger charge is 2.19. The number of hydrogen-bond donors (Lipinski definition) is 2. The second-order valence-corrected chi connectivity index (χ2v) is 3.73. The van der Waals surface area contributed by atoms with Gasteiger partial charge in [0.25, 0.3) is 0 Å². The van der Waals surface area contributed by atoms with Crippen molar-refractivity contribution in [2.45, 2.75) is 38.3 Å². The molecule has 0 radical (unpaired) electrons. The summed E-state index contributed by atoms with van der Waals surface area (Å²) in [6.45, 7) is 4.47. The van der Waals surface area contributed by atoms with Gasteiger partial charge in [0.2, 0.25) is 0 Å². The van der Waals surface area contributed by atoms with Gasteiger partial charge in [0.1, 0.15) is 0 Å². The summed E-state index contributed by atoms with van der Waals surface area (Å²) in [5.74, 6) is 0. The average Bonchev–Trinajstić information content (AvgIpc) is 2.09. The van der Waals surface area contributed by atoms with Crippen LogP contribution in [0.25, 0.3) is 0 Å². The molecule has 1 aliphatic rings. The van der Waals surface area contributed by atoms with Crippen molar-refractivity contribution in [2.24, 2.45) is 5.73 Å². The van der Waals surface area contributed by atoms with Crippen LogP contribution in [0.15, 0.2) is 0 Å². The number of aliphatic hydroxyl groups is 1. The average molecular weight is 172 g/mol. The normalized spacial score (nSPS) is 28.8. The van der Waals surface area contributed by atoms with Crippen LogP contribution in [0, 0.1) is 0 Å². The fourth-order valence-corrected chi connectivity index (χ4v) is 1.77. The Morgan fingerprint density at radius 1 is 1.58 bits per heavy atom. The maximum Gasteiger partial charge on any atom is 0.0789 e. The van der Waals surface area contributed by atoms with E-state index in [1.807, 2.05) is 0 Å². The van der Waals surface area contributed by atoms with E-state index in [1.165, 1.54) is 19.3 Å². The van der Waals surface area contributed by atoms with Crippen LogP contribution in [0.2, 0.25) is 0 Å². The fourth-order valence-electron chi connectivity index (χ4n) is 1.77. The molecule has 1 unspecified atom stereocenters. The molecule has 1 fully saturated rings. The van der Waals surface area contributed by atoms with Gasteiger partial charge >= 0.3 is 0 Å². The summed E-state index contributed by atoms with van der Waals surface area (Å²) in [5, 5.41) is 9.36. The summed E-state index contributed by atoms with van der Waals surface area (Å²) in [7, 11) is 0. The van der Waals surface area contributed by atoms with Gasteiger partial charge in [-0.1, -0.05) is 6.42 Å². The number of likely N-dealkylation sites (tertiary alicyclic amines) is 1. The molecule has 0 aliphatic carbocycles. The first-order chi connectivity index (χ1) is 5.74. The number of hydrogen-bond acceptors (Lipinski definition) is 3. The first-order valence-corrected chi connectivity index (χ1v) is 4.86. The molecule has 0 aromatic heterocycles. The quantitative estimate of drug-likeness (QED) is 0.638. The second kappa shape index (κ2) is 4.80. The number of piperidine rings is 1. The molecule has 0 bridgehead atoms. The molecule has 3 nitrogen and oxygen atoms in total. The smallest absolute Gasteiger partial charge is 0.0789 e. The van der Waals surface area contributed by atoms with Crippen LogP contribution in [0.4, 0.5) is 0 Å². The molecule has 1 heterocycles. The highest BCUT2D eigenvalue weighted by molar-refractivity contribution is 4.75. The van der Waals surface area contributed by atoms with E-state index >= 15 is 0 Å². The topological polar surface area (TPSA) is 49.5 Å². The molecular weight excluding hydrogens is 152 g/mol. The molecule has 0 amide bonds. The van der Waals surface area contributed by atoms with Crippen molar-refractivity contribution in [2.75, 3.05) is 19.6 Å². The molecule has 0 saturated carbocycles. The van der Waals surface area contributed by atoms with Gasteiger partial charge in [-0.3, -0.25) is 4.90 Å². The van der Waals surface area contributed by atoms with Crippen LogP contribution in [-0.2, 0) is 0 Å². The molecule has 3 heteroatoms. The monoisotopic (exact) mass is 172 g/mol. The number of nitrogens with zero attached hydrogens (tertiary/aromatic N) is 1. The third kappa shape index (κ3) is 2.73. The Hall–Kier alpha value is -0.120. The van der Waals surface area contributed by atoms with Crippen molar-refractivity contribution < 1.29 is 5.11 Å². The predicted octanol–water partition coefficient (Wildman–Crippen LogP) is 0.180. The van der Waals surface area contributed by atoms with Crippen LogP contribution in [0.5, 0.6) is 0 Å². The maximum absolute atomic E-state index is 9.36. The zero-order valence-electron chi connectivity index (χ0n) is 7.87. The Balaban J connectivity index is 2.28. The van der Waals surface area contributed by atoms with E-state index in [9.17, 15) is 5.11 Å². The van der Waals surface area contributed by atoms with Gasteiger partial charge in [0.15, 0.2) is 0 Å². The van der Waals surface area contributed by atoms with Gasteiger partial charge in [-0.2, -0.15) is 0 Å². The second-order valence-electron chi connectivity index (χ2n) is 3.73. The molecule has 0 aromatic rings. The van der Waals surface area contributed by atoms with E-state index in [0.717, 1.165) is 13.1 Å². The molecule has 1 aliphatic heterocycles. The van der Waals surface area contributed by atoms with E-state index in [4.69, 9.17) is 5.73 Å². The Labute approximate surface area is 74.5 Å². The van der Waals surface area contributed by atoms with Gasteiger partial charge in [-0.25, -0.2) is 0 Å². The van der Waals surface area contributed by atoms with Crippen molar-refractivity contribution in [3.05, 3.63) is 0 Å². The summed E-state index contributed by atoms with van der Waals surface area (Å²) in [4.78, 5) is 2.33. The van der Waals surface area contributed by atoms with Crippen LogP contribution in [-0.4, -0.2) is 41.8 Å². The van der Waals surface area contributed by atoms with Gasteiger partial charge < -0.3 is 10.8 Å². The van der Waals surface area contributed by atoms with Crippen molar-refractivity contribution in [3.63, 3.8) is 0 Å². The molecule has 3 N–H and O–H groups in total. The highest BCUT2D eigenvalue weighted by atomic mass is 16.3. The number of nitrogens with two attached hydrogens (primary N) is 1. The van der Waals surface area contributed by atoms with E-state index in [2.05, 4.69) is 11.8 Å². The molecule has 72 valence electrons. The van der Waals surface area contributed by atoms with Crippen molar-refractivity contribution in [1.82, 2.24) is 4.90 Å². The molecule has 2 atom stereocenters. The summed E-state index contributed by atoms with van der Waals surface area (Å²) < 4.78 is 0. The summed E-state index contributed by atoms with van der Waals surface area (Å²) >= 11 is 0. The SMILES string of the molecule is CC1CCCCN1C[C@@H](O)CN. The minimum Gasteiger partial charge on any atom is -0.390 e. The van der Waals surface area contributed by atoms with Gasteiger partial charge in [0, 0.05) is 19.1 Å². The zero-order chi connectivity index (χ0) is 8.97. The van der Waals surface area contributed by atoms with Crippen LogP contribution in [0.1, 0.15) is 26.2 Å². The third-order valence-electron chi connectivity index (χ3n) is 2.66. The lowest BCUT2D eigenvalue weighted by atomic mass is 10.0. The van der Waals surface area contributed by atoms with Crippen molar-refractivity contribution in [3.8, 4) is 0 Å². The molecule has 12 heavy (non-hydrogen) atoms. The first kappa shape index (κ1) is 9.96. The van der Waals surface area contributed by atoms with E-state index < -0.39 is 0 Å². The molecule has 0 aromatic carbocycles. The minimum absolute atomic E-state index is 0.342. The maximum atomic E-state index is 9.36. The highest BCUT2D eigenvalue weighted by Crippen LogP contribution is 2.15. The van der Waals surface area contributed by atoms with Crippen LogP contribution < -0.4 is 5.73 Å². The Bertz CT molecular complexity index is 130. The minimum atomic E-state index is -0.342. The molecule has 0 spiro atoms. The van der Waals surface area contributed by atoms with Crippen molar-refractivity contribution in [1.29, 1.82) is 0 Å². The van der Waals surface area contributed by atoms with E-state index in [0.29, 0.717) is 12.6 Å². The van der Waals surface area contributed by atoms with Crippen LogP contribution in [0.3, 0.4) is 0 Å². The number of β-amino-alcohol motifs (C(OH)–C–C–N with tert-alkyl or cyclic N) is 1. The number of rotatable bonds is 3. The van der Waals surface area contributed by atoms with Gasteiger partial charge in [-0.15, -0.1) is 0 Å². The Morgan fingerprint density at radius 2 is 2.33 bits per heavy atom. The molecular formula is C9H20N2O. The predicted molar refractivity (Wildman–Crippen MR) is 49.9 cm³/mol. The van der Waals surface area contributed by atoms with Crippen LogP contribution >= 0.6 is 0 Å². The summed E-state index contributed by atoms with van der Waals surface area (Å²) in [5.41, 5.74) is 5.36.